The Labute approximate surface area is 66.2 Å². The topological polar surface area (TPSA) is 29.6 Å². The summed E-state index contributed by atoms with van der Waals surface area (Å²) in [5.74, 6) is 0.197. The van der Waals surface area contributed by atoms with E-state index in [9.17, 15) is 4.79 Å². The van der Waals surface area contributed by atoms with E-state index in [0.29, 0.717) is 6.10 Å². The third-order valence-corrected chi connectivity index (χ3v) is 2.65. The Balaban J connectivity index is 2.13. The zero-order valence-corrected chi connectivity index (χ0v) is 6.89. The Morgan fingerprint density at radius 2 is 2.55 bits per heavy atom. The van der Waals surface area contributed by atoms with Gasteiger partial charge >= 0.3 is 0 Å². The third kappa shape index (κ3) is 1.02. The lowest BCUT2D eigenvalue weighted by atomic mass is 9.90. The molecule has 0 amide bonds. The van der Waals surface area contributed by atoms with Gasteiger partial charge in [-0.25, -0.2) is 0 Å². The highest BCUT2D eigenvalue weighted by atomic mass is 16.6. The van der Waals surface area contributed by atoms with Crippen molar-refractivity contribution in [3.05, 3.63) is 11.6 Å². The molecule has 2 nitrogen and oxygen atoms in total. The quantitative estimate of drug-likeness (QED) is 0.532. The van der Waals surface area contributed by atoms with Crippen LogP contribution >= 0.6 is 0 Å². The molecule has 0 aromatic rings. The number of fused-ring (bicyclic) bond motifs is 1. The Bertz CT molecular complexity index is 242. The lowest BCUT2D eigenvalue weighted by Gasteiger charge is -2.10. The van der Waals surface area contributed by atoms with Gasteiger partial charge in [-0.15, -0.1) is 0 Å². The minimum atomic E-state index is 0.0823. The molecule has 1 fully saturated rings. The van der Waals surface area contributed by atoms with Gasteiger partial charge < -0.3 is 4.74 Å². The molecular formula is C9H12O2. The van der Waals surface area contributed by atoms with Gasteiger partial charge in [-0.1, -0.05) is 6.08 Å². The number of ether oxygens (including phenoxy) is 1. The summed E-state index contributed by atoms with van der Waals surface area (Å²) in [6, 6.07) is 0. The van der Waals surface area contributed by atoms with Crippen LogP contribution in [-0.2, 0) is 9.53 Å². The minimum Gasteiger partial charge on any atom is -0.366 e. The predicted molar refractivity (Wildman–Crippen MR) is 41.3 cm³/mol. The van der Waals surface area contributed by atoms with Crippen molar-refractivity contribution in [2.45, 2.75) is 38.4 Å². The number of epoxide rings is 1. The maximum Gasteiger partial charge on any atom is 0.155 e. The fourth-order valence-corrected chi connectivity index (χ4v) is 1.62. The normalized spacial score (nSPS) is 40.9. The number of carbonyl (C=O) groups is 1. The molecule has 2 rings (SSSR count). The van der Waals surface area contributed by atoms with Crippen molar-refractivity contribution in [2.75, 3.05) is 0 Å². The Morgan fingerprint density at radius 1 is 1.82 bits per heavy atom. The van der Waals surface area contributed by atoms with Crippen LogP contribution in [0.5, 0.6) is 0 Å². The third-order valence-electron chi connectivity index (χ3n) is 2.65. The standard InChI is InChI=1S/C9H12O2/c1-6(10)7-3-4-9(2)8(5-7)11-9/h3,8H,4-5H2,1-2H3. The van der Waals surface area contributed by atoms with Crippen molar-refractivity contribution >= 4 is 5.78 Å². The van der Waals surface area contributed by atoms with Crippen molar-refractivity contribution in [3.63, 3.8) is 0 Å². The van der Waals surface area contributed by atoms with Crippen LogP contribution in [0.1, 0.15) is 26.7 Å². The van der Waals surface area contributed by atoms with E-state index in [1.165, 1.54) is 0 Å². The molecule has 0 spiro atoms. The first-order chi connectivity index (χ1) is 5.12. The van der Waals surface area contributed by atoms with Gasteiger partial charge in [0.15, 0.2) is 5.78 Å². The van der Waals surface area contributed by atoms with E-state index in [-0.39, 0.29) is 11.4 Å². The summed E-state index contributed by atoms with van der Waals surface area (Å²) in [6.07, 6.45) is 4.08. The molecule has 0 N–H and O–H groups in total. The second kappa shape index (κ2) is 1.95. The van der Waals surface area contributed by atoms with Crippen LogP contribution in [0.25, 0.3) is 0 Å². The summed E-state index contributed by atoms with van der Waals surface area (Å²) in [5.41, 5.74) is 1.03. The smallest absolute Gasteiger partial charge is 0.155 e. The zero-order valence-electron chi connectivity index (χ0n) is 6.89. The molecule has 0 radical (unpaired) electrons. The molecule has 1 heterocycles. The monoisotopic (exact) mass is 152 g/mol. The van der Waals surface area contributed by atoms with Crippen LogP contribution in [-0.4, -0.2) is 17.5 Å². The Kier molecular flexibility index (Phi) is 1.25. The van der Waals surface area contributed by atoms with Crippen molar-refractivity contribution in [2.24, 2.45) is 0 Å². The molecule has 0 saturated carbocycles. The van der Waals surface area contributed by atoms with Gasteiger partial charge in [0.25, 0.3) is 0 Å². The number of rotatable bonds is 1. The van der Waals surface area contributed by atoms with E-state index in [1.807, 2.05) is 6.08 Å². The summed E-state index contributed by atoms with van der Waals surface area (Å²) in [5, 5.41) is 0. The average molecular weight is 152 g/mol. The van der Waals surface area contributed by atoms with Gasteiger partial charge in [0, 0.05) is 6.42 Å². The van der Waals surface area contributed by atoms with Gasteiger partial charge in [0.05, 0.1) is 11.7 Å². The molecule has 0 aromatic carbocycles. The first-order valence-corrected chi connectivity index (χ1v) is 3.99. The second-order valence-electron chi connectivity index (χ2n) is 3.61. The highest BCUT2D eigenvalue weighted by molar-refractivity contribution is 5.93. The maximum atomic E-state index is 10.9. The van der Waals surface area contributed by atoms with Crippen LogP contribution in [0, 0.1) is 0 Å². The van der Waals surface area contributed by atoms with Gasteiger partial charge in [0.1, 0.15) is 0 Å². The van der Waals surface area contributed by atoms with E-state index in [0.717, 1.165) is 18.4 Å². The lowest BCUT2D eigenvalue weighted by Crippen LogP contribution is -2.16. The molecule has 2 heteroatoms. The molecule has 60 valence electrons. The predicted octanol–water partition coefficient (Wildman–Crippen LogP) is 1.45. The van der Waals surface area contributed by atoms with Crippen LogP contribution in [0.15, 0.2) is 11.6 Å². The van der Waals surface area contributed by atoms with Crippen LogP contribution in [0.4, 0.5) is 0 Å². The fraction of sp³-hybridized carbons (Fsp3) is 0.667. The van der Waals surface area contributed by atoms with E-state index < -0.39 is 0 Å². The molecule has 11 heavy (non-hydrogen) atoms. The number of carbonyl (C=O) groups excluding carboxylic acids is 1. The highest BCUT2D eigenvalue weighted by Gasteiger charge is 2.53. The first kappa shape index (κ1) is 7.04. The molecule has 2 unspecified atom stereocenters. The number of hydrogen-bond donors (Lipinski definition) is 0. The summed E-state index contributed by atoms with van der Waals surface area (Å²) < 4.78 is 5.44. The number of hydrogen-bond acceptors (Lipinski definition) is 2. The molecule has 2 atom stereocenters. The first-order valence-electron chi connectivity index (χ1n) is 3.99. The largest absolute Gasteiger partial charge is 0.366 e. The summed E-state index contributed by atoms with van der Waals surface area (Å²) in [7, 11) is 0. The zero-order chi connectivity index (χ0) is 8.06. The Morgan fingerprint density at radius 3 is 3.09 bits per heavy atom. The molecule has 1 aliphatic heterocycles. The fourth-order valence-electron chi connectivity index (χ4n) is 1.62. The van der Waals surface area contributed by atoms with Crippen LogP contribution < -0.4 is 0 Å². The summed E-state index contributed by atoms with van der Waals surface area (Å²) in [6.45, 7) is 3.72. The molecule has 0 bridgehead atoms. The average Bonchev–Trinajstić information content (AvgIpc) is 2.58. The summed E-state index contributed by atoms with van der Waals surface area (Å²) >= 11 is 0. The summed E-state index contributed by atoms with van der Waals surface area (Å²) in [4.78, 5) is 10.9. The van der Waals surface area contributed by atoms with Crippen molar-refractivity contribution in [3.8, 4) is 0 Å². The van der Waals surface area contributed by atoms with E-state index in [2.05, 4.69) is 6.92 Å². The van der Waals surface area contributed by atoms with Gasteiger partial charge in [-0.2, -0.15) is 0 Å². The lowest BCUT2D eigenvalue weighted by molar-refractivity contribution is -0.113. The van der Waals surface area contributed by atoms with E-state index in [4.69, 9.17) is 4.74 Å². The van der Waals surface area contributed by atoms with Crippen molar-refractivity contribution in [1.29, 1.82) is 0 Å². The Hall–Kier alpha value is -0.630. The SMILES string of the molecule is CC(=O)C1=CCC2(C)OC2C1. The van der Waals surface area contributed by atoms with Crippen molar-refractivity contribution in [1.82, 2.24) is 0 Å². The minimum absolute atomic E-state index is 0.0823. The van der Waals surface area contributed by atoms with Gasteiger partial charge in [-0.05, 0) is 25.8 Å². The molecular weight excluding hydrogens is 140 g/mol. The van der Waals surface area contributed by atoms with Crippen LogP contribution in [0.3, 0.4) is 0 Å². The van der Waals surface area contributed by atoms with Crippen molar-refractivity contribution < 1.29 is 9.53 Å². The highest BCUT2D eigenvalue weighted by Crippen LogP contribution is 2.46. The van der Waals surface area contributed by atoms with E-state index >= 15 is 0 Å². The molecule has 1 saturated heterocycles. The molecule has 2 aliphatic rings. The number of Topliss-reactive ketones (excluding diaryl/α,β-unsaturated/α-hetero) is 1. The van der Waals surface area contributed by atoms with E-state index in [1.54, 1.807) is 6.92 Å². The molecule has 1 aliphatic carbocycles. The second-order valence-corrected chi connectivity index (χ2v) is 3.61. The number of ketones is 1. The van der Waals surface area contributed by atoms with Crippen LogP contribution in [0.2, 0.25) is 0 Å². The molecule has 0 aromatic heterocycles. The van der Waals surface area contributed by atoms with Gasteiger partial charge in [0.2, 0.25) is 0 Å². The maximum absolute atomic E-state index is 10.9. The van der Waals surface area contributed by atoms with Gasteiger partial charge in [-0.3, -0.25) is 4.79 Å².